The minimum Gasteiger partial charge on any atom is -0.497 e. The van der Waals surface area contributed by atoms with Crippen molar-refractivity contribution < 1.29 is 9.53 Å². The number of amides is 1. The van der Waals surface area contributed by atoms with Crippen LogP contribution in [0.15, 0.2) is 36.5 Å². The minimum atomic E-state index is -0.0619. The first kappa shape index (κ1) is 20.8. The van der Waals surface area contributed by atoms with Crippen molar-refractivity contribution >= 4 is 17.4 Å². The van der Waals surface area contributed by atoms with Crippen LogP contribution < -0.4 is 15.4 Å². The van der Waals surface area contributed by atoms with E-state index in [0.29, 0.717) is 11.3 Å². The number of nitrogens with zero attached hydrogens (tertiary/aromatic N) is 5. The van der Waals surface area contributed by atoms with Gasteiger partial charge in [-0.1, -0.05) is 6.07 Å². The van der Waals surface area contributed by atoms with Crippen molar-refractivity contribution in [1.29, 1.82) is 0 Å². The topological polar surface area (TPSA) is 89.0 Å². The van der Waals surface area contributed by atoms with Gasteiger partial charge in [0, 0.05) is 49.1 Å². The summed E-state index contributed by atoms with van der Waals surface area (Å²) < 4.78 is 7.15. The fourth-order valence-electron chi connectivity index (χ4n) is 4.89. The molecule has 2 aromatic heterocycles. The molecule has 3 aromatic rings. The van der Waals surface area contributed by atoms with Crippen molar-refractivity contribution in [3.8, 4) is 5.75 Å². The number of benzene rings is 1. The van der Waals surface area contributed by atoms with Gasteiger partial charge in [-0.2, -0.15) is 5.10 Å². The molecule has 8 nitrogen and oxygen atoms in total. The van der Waals surface area contributed by atoms with E-state index >= 15 is 0 Å². The first-order chi connectivity index (χ1) is 15.5. The predicted molar refractivity (Wildman–Crippen MR) is 123 cm³/mol. The van der Waals surface area contributed by atoms with Gasteiger partial charge in [-0.15, -0.1) is 0 Å². The molecular formula is C24H30N6O2. The van der Waals surface area contributed by atoms with E-state index in [1.165, 1.54) is 0 Å². The molecule has 4 heterocycles. The van der Waals surface area contributed by atoms with Crippen LogP contribution >= 0.6 is 0 Å². The Hall–Kier alpha value is -3.13. The number of piperidine rings is 1. The molecule has 1 amide bonds. The summed E-state index contributed by atoms with van der Waals surface area (Å²) in [5, 5.41) is 4.83. The third-order valence-corrected chi connectivity index (χ3v) is 6.57. The largest absolute Gasteiger partial charge is 0.497 e. The van der Waals surface area contributed by atoms with Crippen molar-refractivity contribution in [3.63, 3.8) is 0 Å². The van der Waals surface area contributed by atoms with Crippen LogP contribution in [0.2, 0.25) is 0 Å². The standard InChI is InChI=1S/C24H30N6O2/c1-16-14-30-22(26-23(16)28-11-9-18(25)15-28)13-20(27-30)21-8-3-4-10-29(21)24(31)17-6-5-7-19(12-17)32-2/h5-7,12-14,18,21H,3-4,8-11,15,25H2,1-2H3/t18-,21-/m0/s1. The van der Waals surface area contributed by atoms with E-state index < -0.39 is 0 Å². The van der Waals surface area contributed by atoms with Crippen molar-refractivity contribution in [2.24, 2.45) is 5.73 Å². The Morgan fingerprint density at radius 3 is 2.84 bits per heavy atom. The zero-order valence-electron chi connectivity index (χ0n) is 18.7. The number of aromatic nitrogens is 3. The van der Waals surface area contributed by atoms with Crippen molar-refractivity contribution in [1.82, 2.24) is 19.5 Å². The van der Waals surface area contributed by atoms with E-state index in [1.54, 1.807) is 13.2 Å². The highest BCUT2D eigenvalue weighted by molar-refractivity contribution is 5.95. The second kappa shape index (κ2) is 8.43. The van der Waals surface area contributed by atoms with Gasteiger partial charge in [0.1, 0.15) is 11.6 Å². The molecule has 32 heavy (non-hydrogen) atoms. The maximum atomic E-state index is 13.4. The molecule has 2 fully saturated rings. The summed E-state index contributed by atoms with van der Waals surface area (Å²) in [6, 6.07) is 9.52. The Labute approximate surface area is 188 Å². The zero-order valence-corrected chi connectivity index (χ0v) is 18.7. The summed E-state index contributed by atoms with van der Waals surface area (Å²) in [6.07, 6.45) is 5.98. The lowest BCUT2D eigenvalue weighted by atomic mass is 9.98. The van der Waals surface area contributed by atoms with Crippen molar-refractivity contribution in [3.05, 3.63) is 53.3 Å². The normalized spacial score (nSPS) is 21.3. The van der Waals surface area contributed by atoms with E-state index in [2.05, 4.69) is 11.8 Å². The SMILES string of the molecule is COc1cccc(C(=O)N2CCCC[C@H]2c2cc3nc(N4CC[C@H](N)C4)c(C)cn3n2)c1. The molecule has 5 rings (SSSR count). The molecule has 2 aliphatic heterocycles. The summed E-state index contributed by atoms with van der Waals surface area (Å²) in [5.74, 6) is 1.68. The highest BCUT2D eigenvalue weighted by atomic mass is 16.5. The number of carbonyl (C=O) groups excluding carboxylic acids is 1. The number of hydrogen-bond donors (Lipinski definition) is 1. The Kier molecular flexibility index (Phi) is 5.46. The van der Waals surface area contributed by atoms with Crippen LogP contribution in [-0.2, 0) is 0 Å². The Bertz CT molecular complexity index is 1140. The van der Waals surface area contributed by atoms with Crippen LogP contribution in [0.1, 0.15) is 53.3 Å². The molecule has 2 aliphatic rings. The van der Waals surface area contributed by atoms with E-state index in [0.717, 1.165) is 68.0 Å². The van der Waals surface area contributed by atoms with Crippen LogP contribution in [0.3, 0.4) is 0 Å². The average Bonchev–Trinajstić information content (AvgIpc) is 3.43. The number of anilines is 1. The monoisotopic (exact) mass is 434 g/mol. The summed E-state index contributed by atoms with van der Waals surface area (Å²) in [6.45, 7) is 4.54. The van der Waals surface area contributed by atoms with Gasteiger partial charge in [-0.3, -0.25) is 4.79 Å². The quantitative estimate of drug-likeness (QED) is 0.679. The lowest BCUT2D eigenvalue weighted by molar-refractivity contribution is 0.0605. The van der Waals surface area contributed by atoms with E-state index in [4.69, 9.17) is 20.6 Å². The maximum absolute atomic E-state index is 13.4. The fourth-order valence-corrected chi connectivity index (χ4v) is 4.89. The van der Waals surface area contributed by atoms with Crippen LogP contribution in [0.5, 0.6) is 5.75 Å². The predicted octanol–water partition coefficient (Wildman–Crippen LogP) is 2.95. The molecule has 0 bridgehead atoms. The molecule has 1 aromatic carbocycles. The molecule has 0 spiro atoms. The number of hydrogen-bond acceptors (Lipinski definition) is 6. The molecule has 2 N–H and O–H groups in total. The maximum Gasteiger partial charge on any atom is 0.254 e. The highest BCUT2D eigenvalue weighted by Gasteiger charge is 2.31. The number of aryl methyl sites for hydroxylation is 1. The Balaban J connectivity index is 1.46. The molecule has 0 saturated carbocycles. The second-order valence-corrected chi connectivity index (χ2v) is 8.86. The summed E-state index contributed by atoms with van der Waals surface area (Å²) in [7, 11) is 1.61. The number of ether oxygens (including phenoxy) is 1. The lowest BCUT2D eigenvalue weighted by Gasteiger charge is -2.34. The van der Waals surface area contributed by atoms with E-state index in [9.17, 15) is 4.79 Å². The zero-order chi connectivity index (χ0) is 22.2. The third-order valence-electron chi connectivity index (χ3n) is 6.57. The number of nitrogens with two attached hydrogens (primary N) is 1. The van der Waals surface area contributed by atoms with Crippen LogP contribution in [0.4, 0.5) is 5.82 Å². The summed E-state index contributed by atoms with van der Waals surface area (Å²) in [5.41, 5.74) is 9.52. The van der Waals surface area contributed by atoms with Crippen molar-refractivity contribution in [2.45, 2.75) is 44.7 Å². The van der Waals surface area contributed by atoms with E-state index in [-0.39, 0.29) is 18.0 Å². The van der Waals surface area contributed by atoms with E-state index in [1.807, 2.05) is 39.9 Å². The van der Waals surface area contributed by atoms with Gasteiger partial charge in [0.05, 0.1) is 18.8 Å². The fraction of sp³-hybridized carbons (Fsp3) is 0.458. The summed E-state index contributed by atoms with van der Waals surface area (Å²) >= 11 is 0. The van der Waals surface area contributed by atoms with Gasteiger partial charge in [0.25, 0.3) is 5.91 Å². The summed E-state index contributed by atoms with van der Waals surface area (Å²) in [4.78, 5) is 22.5. The number of methoxy groups -OCH3 is 1. The number of likely N-dealkylation sites (tertiary alicyclic amines) is 1. The number of fused-ring (bicyclic) bond motifs is 1. The molecular weight excluding hydrogens is 404 g/mol. The Morgan fingerprint density at radius 1 is 1.19 bits per heavy atom. The van der Waals surface area contributed by atoms with Gasteiger partial charge in [-0.25, -0.2) is 9.50 Å². The van der Waals surface area contributed by atoms with Crippen LogP contribution in [-0.4, -0.2) is 58.2 Å². The van der Waals surface area contributed by atoms with Crippen LogP contribution in [0.25, 0.3) is 5.65 Å². The molecule has 2 saturated heterocycles. The minimum absolute atomic E-state index is 0.0153. The molecule has 0 aliphatic carbocycles. The number of carbonyl (C=O) groups is 1. The van der Waals surface area contributed by atoms with Gasteiger partial charge < -0.3 is 20.3 Å². The average molecular weight is 435 g/mol. The first-order valence-corrected chi connectivity index (χ1v) is 11.4. The third kappa shape index (κ3) is 3.79. The second-order valence-electron chi connectivity index (χ2n) is 8.86. The van der Waals surface area contributed by atoms with Gasteiger partial charge in [-0.05, 0) is 50.8 Å². The van der Waals surface area contributed by atoms with Gasteiger partial charge in [0.2, 0.25) is 0 Å². The van der Waals surface area contributed by atoms with Crippen LogP contribution in [0, 0.1) is 6.92 Å². The Morgan fingerprint density at radius 2 is 2.06 bits per heavy atom. The van der Waals surface area contributed by atoms with Gasteiger partial charge in [0.15, 0.2) is 5.65 Å². The smallest absolute Gasteiger partial charge is 0.254 e. The molecule has 0 radical (unpaired) electrons. The number of rotatable bonds is 4. The molecule has 0 unspecified atom stereocenters. The molecule has 2 atom stereocenters. The molecule has 8 heteroatoms. The highest BCUT2D eigenvalue weighted by Crippen LogP contribution is 2.33. The van der Waals surface area contributed by atoms with Crippen molar-refractivity contribution in [2.75, 3.05) is 31.6 Å². The first-order valence-electron chi connectivity index (χ1n) is 11.4. The lowest BCUT2D eigenvalue weighted by Crippen LogP contribution is -2.38. The molecule has 168 valence electrons. The van der Waals surface area contributed by atoms with Gasteiger partial charge >= 0.3 is 0 Å².